The molecule has 4 heterocycles. The first-order chi connectivity index (χ1) is 20.3. The lowest BCUT2D eigenvalue weighted by Crippen LogP contribution is -2.48. The van der Waals surface area contributed by atoms with Gasteiger partial charge in [0.1, 0.15) is 40.6 Å². The zero-order chi connectivity index (χ0) is 29.2. The molecule has 4 aromatic rings. The van der Waals surface area contributed by atoms with Crippen LogP contribution in [0.3, 0.4) is 0 Å². The third-order valence-corrected chi connectivity index (χ3v) is 8.19. The van der Waals surface area contributed by atoms with Gasteiger partial charge in [-0.05, 0) is 50.5 Å². The molecule has 11 heteroatoms. The van der Waals surface area contributed by atoms with Gasteiger partial charge in [-0.1, -0.05) is 12.0 Å². The summed E-state index contributed by atoms with van der Waals surface area (Å²) in [4.78, 5) is 18.0. The Kier molecular flexibility index (Phi) is 6.29. The number of hydrogen-bond donors (Lipinski definition) is 1. The molecule has 1 saturated heterocycles. The van der Waals surface area contributed by atoms with E-state index in [1.807, 2.05) is 19.0 Å². The summed E-state index contributed by atoms with van der Waals surface area (Å²) < 4.78 is 49.5. The lowest BCUT2D eigenvalue weighted by Gasteiger charge is -2.34. The van der Waals surface area contributed by atoms with E-state index in [-0.39, 0.29) is 63.4 Å². The highest BCUT2D eigenvalue weighted by molar-refractivity contribution is 6.04. The van der Waals surface area contributed by atoms with Gasteiger partial charge < -0.3 is 29.1 Å². The van der Waals surface area contributed by atoms with E-state index in [0.717, 1.165) is 19.4 Å². The number of aromatic nitrogens is 3. The molecule has 1 N–H and O–H groups in total. The quantitative estimate of drug-likeness (QED) is 0.342. The van der Waals surface area contributed by atoms with Crippen molar-refractivity contribution >= 4 is 27.5 Å². The fraction of sp³-hybridized carbons (Fsp3) is 0.387. The fourth-order valence-corrected chi connectivity index (χ4v) is 6.07. The monoisotopic (exact) mass is 573 g/mol. The molecule has 216 valence electrons. The summed E-state index contributed by atoms with van der Waals surface area (Å²) >= 11 is 0. The number of anilines is 1. The number of phenols is 1. The van der Waals surface area contributed by atoms with Crippen molar-refractivity contribution in [2.75, 3.05) is 58.5 Å². The van der Waals surface area contributed by atoms with E-state index in [2.05, 4.69) is 20.8 Å². The van der Waals surface area contributed by atoms with Crippen LogP contribution >= 0.6 is 0 Å². The highest BCUT2D eigenvalue weighted by Gasteiger charge is 2.44. The molecule has 2 aromatic carbocycles. The molecule has 1 atom stereocenters. The van der Waals surface area contributed by atoms with Gasteiger partial charge in [0.15, 0.2) is 5.82 Å². The van der Waals surface area contributed by atoms with Crippen LogP contribution in [0.1, 0.15) is 18.4 Å². The van der Waals surface area contributed by atoms with E-state index in [4.69, 9.17) is 25.6 Å². The van der Waals surface area contributed by atoms with E-state index in [1.165, 1.54) is 24.3 Å². The first-order valence-electron chi connectivity index (χ1n) is 13.8. The zero-order valence-electron chi connectivity index (χ0n) is 23.3. The Morgan fingerprint density at radius 3 is 2.76 bits per heavy atom. The van der Waals surface area contributed by atoms with Crippen LogP contribution in [0.25, 0.3) is 32.9 Å². The molecule has 1 unspecified atom stereocenters. The van der Waals surface area contributed by atoms with Crippen LogP contribution in [0.5, 0.6) is 17.6 Å². The lowest BCUT2D eigenvalue weighted by atomic mass is 9.95. The zero-order valence-corrected chi connectivity index (χ0v) is 23.3. The predicted octanol–water partition coefficient (Wildman–Crippen LogP) is 4.13. The van der Waals surface area contributed by atoms with Crippen molar-refractivity contribution in [2.45, 2.75) is 18.9 Å². The molecular weight excluding hydrogens is 544 g/mol. The van der Waals surface area contributed by atoms with Gasteiger partial charge in [0.05, 0.1) is 31.4 Å². The summed E-state index contributed by atoms with van der Waals surface area (Å²) in [7, 11) is 4.04. The van der Waals surface area contributed by atoms with Crippen molar-refractivity contribution in [1.29, 1.82) is 0 Å². The molecule has 2 aliphatic heterocycles. The SMILES string of the molecule is C#Cc1c(F)ccc2cc(O)cc(-c3nc4c5c(nc(OCC6(CN(C)C)CC6)nc5c3F)N3CCOCC3CO4)c12. The average molecular weight is 574 g/mol. The van der Waals surface area contributed by atoms with Crippen LogP contribution in [-0.2, 0) is 4.74 Å². The summed E-state index contributed by atoms with van der Waals surface area (Å²) in [6.45, 7) is 2.87. The minimum Gasteiger partial charge on any atom is -0.508 e. The Morgan fingerprint density at radius 2 is 2.00 bits per heavy atom. The summed E-state index contributed by atoms with van der Waals surface area (Å²) in [6.07, 6.45) is 7.73. The third-order valence-electron chi connectivity index (χ3n) is 8.19. The minimum atomic E-state index is -0.786. The number of fused-ring (bicyclic) bond motifs is 3. The number of halogens is 2. The Balaban J connectivity index is 1.45. The van der Waals surface area contributed by atoms with Gasteiger partial charge in [-0.3, -0.25) is 0 Å². The molecule has 0 amide bonds. The molecule has 9 nitrogen and oxygen atoms in total. The first-order valence-corrected chi connectivity index (χ1v) is 13.8. The van der Waals surface area contributed by atoms with Gasteiger partial charge in [0.25, 0.3) is 0 Å². The van der Waals surface area contributed by atoms with E-state index in [0.29, 0.717) is 43.0 Å². The predicted molar refractivity (Wildman–Crippen MR) is 153 cm³/mol. The Hall–Kier alpha value is -4.27. The highest BCUT2D eigenvalue weighted by atomic mass is 19.1. The maximum atomic E-state index is 16.7. The van der Waals surface area contributed by atoms with Crippen molar-refractivity contribution in [2.24, 2.45) is 5.41 Å². The number of ether oxygens (including phenoxy) is 3. The molecule has 1 aliphatic carbocycles. The summed E-state index contributed by atoms with van der Waals surface area (Å²) in [5.41, 5.74) is -0.169. The summed E-state index contributed by atoms with van der Waals surface area (Å²) in [6, 6.07) is 5.32. The van der Waals surface area contributed by atoms with Crippen molar-refractivity contribution in [3.05, 3.63) is 41.5 Å². The normalized spacial score (nSPS) is 18.9. The van der Waals surface area contributed by atoms with Gasteiger partial charge in [-0.25, -0.2) is 13.8 Å². The van der Waals surface area contributed by atoms with E-state index < -0.39 is 11.6 Å². The Morgan fingerprint density at radius 1 is 1.17 bits per heavy atom. The van der Waals surface area contributed by atoms with Crippen molar-refractivity contribution in [3.8, 4) is 41.2 Å². The molecule has 0 spiro atoms. The number of phenolic OH excluding ortho intramolecular Hbond substituents is 1. The average Bonchev–Trinajstić information content (AvgIpc) is 3.76. The molecule has 7 rings (SSSR count). The number of aromatic hydroxyl groups is 1. The minimum absolute atomic E-state index is 0.00381. The van der Waals surface area contributed by atoms with Gasteiger partial charge in [0.2, 0.25) is 5.88 Å². The van der Waals surface area contributed by atoms with E-state index >= 15 is 4.39 Å². The largest absolute Gasteiger partial charge is 0.508 e. The molecule has 0 radical (unpaired) electrons. The van der Waals surface area contributed by atoms with Crippen LogP contribution in [0.4, 0.5) is 14.6 Å². The number of nitrogens with zero attached hydrogens (tertiary/aromatic N) is 5. The smallest absolute Gasteiger partial charge is 0.319 e. The maximum absolute atomic E-state index is 16.7. The second-order valence-electron chi connectivity index (χ2n) is 11.6. The van der Waals surface area contributed by atoms with Gasteiger partial charge >= 0.3 is 6.01 Å². The molecule has 0 bridgehead atoms. The third kappa shape index (κ3) is 4.42. The number of pyridine rings is 1. The molecule has 2 fully saturated rings. The highest BCUT2D eigenvalue weighted by Crippen LogP contribution is 2.47. The Labute approximate surface area is 241 Å². The van der Waals surface area contributed by atoms with E-state index in [1.54, 1.807) is 0 Å². The molecule has 2 aromatic heterocycles. The molecule has 3 aliphatic rings. The summed E-state index contributed by atoms with van der Waals surface area (Å²) in [5.74, 6) is 1.37. The van der Waals surface area contributed by atoms with Crippen LogP contribution in [0, 0.1) is 29.4 Å². The molecule has 42 heavy (non-hydrogen) atoms. The number of terminal acetylenes is 1. The number of morpholine rings is 1. The van der Waals surface area contributed by atoms with Crippen LogP contribution < -0.4 is 14.4 Å². The Bertz CT molecular complexity index is 1790. The number of hydrogen-bond acceptors (Lipinski definition) is 9. The fourth-order valence-electron chi connectivity index (χ4n) is 6.07. The molecule has 1 saturated carbocycles. The van der Waals surface area contributed by atoms with Gasteiger partial charge in [-0.2, -0.15) is 9.97 Å². The summed E-state index contributed by atoms with van der Waals surface area (Å²) in [5, 5.41) is 11.5. The lowest BCUT2D eigenvalue weighted by molar-refractivity contribution is 0.0775. The van der Waals surface area contributed by atoms with E-state index in [9.17, 15) is 9.50 Å². The first kappa shape index (κ1) is 26.6. The van der Waals surface area contributed by atoms with Gasteiger partial charge in [-0.15, -0.1) is 6.42 Å². The second kappa shape index (κ2) is 9.93. The number of benzene rings is 2. The van der Waals surface area contributed by atoms with Crippen LogP contribution in [0.15, 0.2) is 24.3 Å². The van der Waals surface area contributed by atoms with Crippen molar-refractivity contribution in [1.82, 2.24) is 19.9 Å². The number of rotatable bonds is 6. The standard InChI is InChI=1S/C31H29F2N5O4/c1-4-20-22(32)6-5-17-11-19(39)12-21(23(17)20)26-25(33)27-24-28(38-9-10-40-13-18(38)14-41-29(24)34-26)36-30(35-27)42-16-31(7-8-31)15-37(2)3/h1,5-6,11-12,18,39H,7-10,13-16H2,2-3H3. The topological polar surface area (TPSA) is 93.1 Å². The van der Waals surface area contributed by atoms with Crippen LogP contribution in [0.2, 0.25) is 0 Å². The van der Waals surface area contributed by atoms with Gasteiger partial charge in [0, 0.05) is 29.5 Å². The van der Waals surface area contributed by atoms with Crippen molar-refractivity contribution < 1.29 is 28.1 Å². The maximum Gasteiger partial charge on any atom is 0.319 e. The van der Waals surface area contributed by atoms with Crippen LogP contribution in [-0.4, -0.2) is 84.6 Å². The second-order valence-corrected chi connectivity index (χ2v) is 11.6. The van der Waals surface area contributed by atoms with Crippen molar-refractivity contribution in [3.63, 3.8) is 0 Å². The molecular formula is C31H29F2N5O4.